The van der Waals surface area contributed by atoms with Gasteiger partial charge in [-0.15, -0.1) is 0 Å². The first kappa shape index (κ1) is 15.3. The van der Waals surface area contributed by atoms with Crippen molar-refractivity contribution in [2.24, 2.45) is 4.99 Å². The first-order valence-corrected chi connectivity index (χ1v) is 6.46. The summed E-state index contributed by atoms with van der Waals surface area (Å²) in [6.07, 6.45) is -2.40. The van der Waals surface area contributed by atoms with E-state index in [4.69, 9.17) is 0 Å². The summed E-state index contributed by atoms with van der Waals surface area (Å²) < 4.78 is 37.0. The molecule has 0 atom stereocenters. The predicted octanol–water partition coefficient (Wildman–Crippen LogP) is 2.92. The van der Waals surface area contributed by atoms with Crippen molar-refractivity contribution in [1.82, 2.24) is 4.90 Å². The highest BCUT2D eigenvalue weighted by Gasteiger charge is 2.43. The summed E-state index contributed by atoms with van der Waals surface area (Å²) in [4.78, 5) is 25.6. The second-order valence-electron chi connectivity index (χ2n) is 4.86. The number of hydrogen-bond donors (Lipinski definition) is 0. The van der Waals surface area contributed by atoms with Gasteiger partial charge in [0.1, 0.15) is 0 Å². The number of carbonyl (C=O) groups excluding carboxylic acids is 2. The predicted molar refractivity (Wildman–Crippen MR) is 68.8 cm³/mol. The van der Waals surface area contributed by atoms with Crippen molar-refractivity contribution in [3.63, 3.8) is 0 Å². The first-order valence-electron chi connectivity index (χ1n) is 6.46. The van der Waals surface area contributed by atoms with E-state index in [1.165, 1.54) is 6.08 Å². The maximum absolute atomic E-state index is 12.3. The Morgan fingerprint density at radius 3 is 2.24 bits per heavy atom. The molecule has 1 saturated heterocycles. The van der Waals surface area contributed by atoms with Gasteiger partial charge in [0.2, 0.25) is 6.08 Å². The van der Waals surface area contributed by atoms with E-state index in [1.807, 2.05) is 0 Å². The highest BCUT2D eigenvalue weighted by molar-refractivity contribution is 5.81. The lowest BCUT2D eigenvalue weighted by Gasteiger charge is -2.32. The van der Waals surface area contributed by atoms with Crippen LogP contribution in [0.1, 0.15) is 24.3 Å². The minimum Gasteiger partial charge on any atom is -0.335 e. The standard InChI is InChI=1S/C14H13F3N2O2/c15-14(16,17)13(21)19-7-5-11(6-8-19)10-1-3-12(4-2-10)18-9-20/h1-4,11H,5-8H2. The van der Waals surface area contributed by atoms with Gasteiger partial charge in [0.15, 0.2) is 0 Å². The SMILES string of the molecule is O=C=Nc1ccc(C2CCN(C(=O)C(F)(F)F)CC2)cc1. The van der Waals surface area contributed by atoms with Crippen LogP contribution in [0, 0.1) is 0 Å². The fourth-order valence-corrected chi connectivity index (χ4v) is 2.47. The molecule has 1 heterocycles. The quantitative estimate of drug-likeness (QED) is 0.622. The normalized spacial score (nSPS) is 16.4. The van der Waals surface area contributed by atoms with Gasteiger partial charge in [-0.1, -0.05) is 12.1 Å². The summed E-state index contributed by atoms with van der Waals surface area (Å²) >= 11 is 0. The van der Waals surface area contributed by atoms with Gasteiger partial charge in [-0.2, -0.15) is 18.2 Å². The van der Waals surface area contributed by atoms with E-state index in [1.54, 1.807) is 24.3 Å². The minimum absolute atomic E-state index is 0.0945. The Morgan fingerprint density at radius 2 is 1.76 bits per heavy atom. The molecular formula is C14H13F3N2O2. The van der Waals surface area contributed by atoms with E-state index >= 15 is 0 Å². The molecule has 112 valence electrons. The molecule has 0 aromatic heterocycles. The van der Waals surface area contributed by atoms with Crippen molar-refractivity contribution >= 4 is 17.7 Å². The Balaban J connectivity index is 1.97. The van der Waals surface area contributed by atoms with Crippen molar-refractivity contribution in [3.05, 3.63) is 29.8 Å². The molecule has 0 radical (unpaired) electrons. The molecule has 1 amide bonds. The number of amides is 1. The number of hydrogen-bond acceptors (Lipinski definition) is 3. The third-order valence-corrected chi connectivity index (χ3v) is 3.56. The number of halogens is 3. The number of piperidine rings is 1. The lowest BCUT2D eigenvalue weighted by Crippen LogP contribution is -2.45. The second kappa shape index (κ2) is 6.10. The van der Waals surface area contributed by atoms with Gasteiger partial charge < -0.3 is 4.90 Å². The molecule has 1 fully saturated rings. The number of rotatable bonds is 2. The molecule has 1 aromatic carbocycles. The van der Waals surface area contributed by atoms with Crippen LogP contribution < -0.4 is 0 Å². The van der Waals surface area contributed by atoms with Crippen LogP contribution in [0.15, 0.2) is 29.3 Å². The van der Waals surface area contributed by atoms with Crippen LogP contribution in [-0.2, 0) is 9.59 Å². The molecule has 7 heteroatoms. The summed E-state index contributed by atoms with van der Waals surface area (Å²) in [5, 5.41) is 0. The maximum atomic E-state index is 12.3. The van der Waals surface area contributed by atoms with Gasteiger partial charge in [-0.05, 0) is 36.5 Å². The topological polar surface area (TPSA) is 49.7 Å². The van der Waals surface area contributed by atoms with Crippen LogP contribution in [0.25, 0.3) is 0 Å². The van der Waals surface area contributed by atoms with Gasteiger partial charge in [0.25, 0.3) is 0 Å². The molecule has 1 aliphatic rings. The highest BCUT2D eigenvalue weighted by atomic mass is 19.4. The largest absolute Gasteiger partial charge is 0.471 e. The third-order valence-electron chi connectivity index (χ3n) is 3.56. The Kier molecular flexibility index (Phi) is 4.43. The molecule has 0 N–H and O–H groups in total. The molecule has 0 spiro atoms. The lowest BCUT2D eigenvalue weighted by molar-refractivity contribution is -0.186. The van der Waals surface area contributed by atoms with Crippen LogP contribution in [0.5, 0.6) is 0 Å². The van der Waals surface area contributed by atoms with Crippen molar-refractivity contribution in [1.29, 1.82) is 0 Å². The summed E-state index contributed by atoms with van der Waals surface area (Å²) in [5.41, 5.74) is 1.46. The maximum Gasteiger partial charge on any atom is 0.471 e. The number of carbonyl (C=O) groups is 1. The average Bonchev–Trinajstić information content (AvgIpc) is 2.47. The molecule has 0 saturated carbocycles. The Bertz CT molecular complexity index is 555. The number of isocyanates is 1. The molecule has 1 aliphatic heterocycles. The molecule has 0 unspecified atom stereocenters. The number of benzene rings is 1. The van der Waals surface area contributed by atoms with Crippen LogP contribution in [0.4, 0.5) is 18.9 Å². The van der Waals surface area contributed by atoms with Gasteiger partial charge >= 0.3 is 12.1 Å². The number of alkyl halides is 3. The second-order valence-corrected chi connectivity index (χ2v) is 4.86. The summed E-state index contributed by atoms with van der Waals surface area (Å²) in [6, 6.07) is 6.91. The van der Waals surface area contributed by atoms with E-state index in [-0.39, 0.29) is 19.0 Å². The van der Waals surface area contributed by atoms with Crippen LogP contribution in [0.2, 0.25) is 0 Å². The van der Waals surface area contributed by atoms with Crippen LogP contribution >= 0.6 is 0 Å². The van der Waals surface area contributed by atoms with Gasteiger partial charge in [-0.3, -0.25) is 4.79 Å². The third kappa shape index (κ3) is 3.70. The molecule has 21 heavy (non-hydrogen) atoms. The first-order chi connectivity index (χ1) is 9.91. The smallest absolute Gasteiger partial charge is 0.335 e. The van der Waals surface area contributed by atoms with Crippen LogP contribution in [0.3, 0.4) is 0 Å². The van der Waals surface area contributed by atoms with E-state index in [0.29, 0.717) is 18.5 Å². The highest BCUT2D eigenvalue weighted by Crippen LogP contribution is 2.31. The van der Waals surface area contributed by atoms with Crippen molar-refractivity contribution < 1.29 is 22.8 Å². The van der Waals surface area contributed by atoms with Crippen molar-refractivity contribution in [3.8, 4) is 0 Å². The zero-order valence-corrected chi connectivity index (χ0v) is 11.1. The number of likely N-dealkylation sites (tertiary alicyclic amines) is 1. The molecule has 0 aliphatic carbocycles. The zero-order chi connectivity index (χ0) is 15.5. The molecule has 1 aromatic rings. The number of nitrogens with zero attached hydrogens (tertiary/aromatic N) is 2. The zero-order valence-electron chi connectivity index (χ0n) is 11.1. The molecule has 2 rings (SSSR count). The fraction of sp³-hybridized carbons (Fsp3) is 0.429. The monoisotopic (exact) mass is 298 g/mol. The minimum atomic E-state index is -4.80. The Labute approximate surface area is 119 Å². The molecule has 4 nitrogen and oxygen atoms in total. The van der Waals surface area contributed by atoms with Crippen molar-refractivity contribution in [2.75, 3.05) is 13.1 Å². The Morgan fingerprint density at radius 1 is 1.19 bits per heavy atom. The summed E-state index contributed by atoms with van der Waals surface area (Å²) in [5.74, 6) is -1.66. The molecular weight excluding hydrogens is 285 g/mol. The van der Waals surface area contributed by atoms with E-state index in [0.717, 1.165) is 10.5 Å². The number of aliphatic imine (C=N–C) groups is 1. The van der Waals surface area contributed by atoms with E-state index in [2.05, 4.69) is 4.99 Å². The van der Waals surface area contributed by atoms with E-state index in [9.17, 15) is 22.8 Å². The van der Waals surface area contributed by atoms with Crippen LogP contribution in [-0.4, -0.2) is 36.2 Å². The Hall–Kier alpha value is -2.14. The van der Waals surface area contributed by atoms with Gasteiger partial charge in [-0.25, -0.2) is 4.79 Å². The van der Waals surface area contributed by atoms with Gasteiger partial charge in [0, 0.05) is 13.1 Å². The fourth-order valence-electron chi connectivity index (χ4n) is 2.47. The summed E-state index contributed by atoms with van der Waals surface area (Å²) in [6.45, 7) is 0.189. The molecule has 0 bridgehead atoms. The average molecular weight is 298 g/mol. The summed E-state index contributed by atoms with van der Waals surface area (Å²) in [7, 11) is 0. The lowest BCUT2D eigenvalue weighted by atomic mass is 9.89. The van der Waals surface area contributed by atoms with Crippen molar-refractivity contribution in [2.45, 2.75) is 24.9 Å². The van der Waals surface area contributed by atoms with Gasteiger partial charge in [0.05, 0.1) is 5.69 Å². The van der Waals surface area contributed by atoms with E-state index < -0.39 is 12.1 Å².